The number of carbonyl (C=O) groups is 1. The molecule has 0 bridgehead atoms. The molecule has 0 fully saturated rings. The SMILES string of the molecule is NC(=O)C=Cc1c[nH]c2ccc(F)cc12. The third-order valence-corrected chi connectivity index (χ3v) is 2.10. The van der Waals surface area contributed by atoms with Gasteiger partial charge < -0.3 is 10.7 Å². The maximum absolute atomic E-state index is 13.0. The molecule has 1 amide bonds. The van der Waals surface area contributed by atoms with E-state index in [2.05, 4.69) is 4.98 Å². The van der Waals surface area contributed by atoms with Gasteiger partial charge in [-0.1, -0.05) is 0 Å². The predicted octanol–water partition coefficient (Wildman–Crippen LogP) is 1.81. The Bertz CT molecular complexity index is 543. The van der Waals surface area contributed by atoms with Crippen LogP contribution in [0.3, 0.4) is 0 Å². The summed E-state index contributed by atoms with van der Waals surface area (Å²) in [7, 11) is 0. The van der Waals surface area contributed by atoms with Crippen molar-refractivity contribution in [2.75, 3.05) is 0 Å². The molecule has 2 aromatic rings. The lowest BCUT2D eigenvalue weighted by Crippen LogP contribution is -2.04. The number of hydrogen-bond acceptors (Lipinski definition) is 1. The average molecular weight is 204 g/mol. The summed E-state index contributed by atoms with van der Waals surface area (Å²) in [5.74, 6) is -0.837. The van der Waals surface area contributed by atoms with Gasteiger partial charge in [-0.05, 0) is 24.3 Å². The summed E-state index contributed by atoms with van der Waals surface area (Å²) in [5.41, 5.74) is 6.53. The molecular weight excluding hydrogens is 195 g/mol. The minimum absolute atomic E-state index is 0.309. The monoisotopic (exact) mass is 204 g/mol. The molecule has 15 heavy (non-hydrogen) atoms. The third-order valence-electron chi connectivity index (χ3n) is 2.10. The standard InChI is InChI=1S/C11H9FN2O/c12-8-2-3-10-9(5-8)7(6-14-10)1-4-11(13)15/h1-6,14H,(H2,13,15). The number of fused-ring (bicyclic) bond motifs is 1. The first-order valence-corrected chi connectivity index (χ1v) is 4.41. The lowest BCUT2D eigenvalue weighted by Gasteiger charge is -1.92. The zero-order valence-corrected chi connectivity index (χ0v) is 7.83. The Kier molecular flexibility index (Phi) is 2.25. The van der Waals surface area contributed by atoms with Crippen molar-refractivity contribution in [3.05, 3.63) is 41.9 Å². The second kappa shape index (κ2) is 3.57. The molecule has 1 heterocycles. The topological polar surface area (TPSA) is 58.9 Å². The largest absolute Gasteiger partial charge is 0.366 e. The fourth-order valence-corrected chi connectivity index (χ4v) is 1.42. The van der Waals surface area contributed by atoms with Crippen LogP contribution in [-0.4, -0.2) is 10.9 Å². The molecule has 76 valence electrons. The van der Waals surface area contributed by atoms with Crippen LogP contribution < -0.4 is 5.73 Å². The minimum atomic E-state index is -0.527. The highest BCUT2D eigenvalue weighted by atomic mass is 19.1. The normalized spacial score (nSPS) is 11.3. The van der Waals surface area contributed by atoms with Gasteiger partial charge in [-0.3, -0.25) is 4.79 Å². The molecule has 0 spiro atoms. The highest BCUT2D eigenvalue weighted by Crippen LogP contribution is 2.20. The molecule has 2 rings (SSSR count). The number of amides is 1. The van der Waals surface area contributed by atoms with Gasteiger partial charge in [0.2, 0.25) is 5.91 Å². The Morgan fingerprint density at radius 3 is 3.00 bits per heavy atom. The number of nitrogens with one attached hydrogen (secondary N) is 1. The number of hydrogen-bond donors (Lipinski definition) is 2. The van der Waals surface area contributed by atoms with Gasteiger partial charge in [0.1, 0.15) is 5.82 Å². The number of aromatic amines is 1. The third kappa shape index (κ3) is 1.88. The molecule has 0 saturated heterocycles. The lowest BCUT2D eigenvalue weighted by atomic mass is 10.1. The van der Waals surface area contributed by atoms with E-state index in [4.69, 9.17) is 5.73 Å². The van der Waals surface area contributed by atoms with Gasteiger partial charge in [-0.15, -0.1) is 0 Å². The second-order valence-corrected chi connectivity index (χ2v) is 3.17. The van der Waals surface area contributed by atoms with Crippen LogP contribution in [0.5, 0.6) is 0 Å². The maximum Gasteiger partial charge on any atom is 0.241 e. The summed E-state index contributed by atoms with van der Waals surface area (Å²) in [4.78, 5) is 13.5. The molecule has 0 aliphatic heterocycles. The van der Waals surface area contributed by atoms with E-state index < -0.39 is 5.91 Å². The number of carbonyl (C=O) groups excluding carboxylic acids is 1. The van der Waals surface area contributed by atoms with Gasteiger partial charge in [0.15, 0.2) is 0 Å². The van der Waals surface area contributed by atoms with Crippen molar-refractivity contribution in [1.82, 2.24) is 4.98 Å². The first-order valence-electron chi connectivity index (χ1n) is 4.41. The molecule has 1 aromatic carbocycles. The highest BCUT2D eigenvalue weighted by Gasteiger charge is 2.01. The van der Waals surface area contributed by atoms with E-state index >= 15 is 0 Å². The second-order valence-electron chi connectivity index (χ2n) is 3.17. The number of nitrogens with two attached hydrogens (primary N) is 1. The van der Waals surface area contributed by atoms with Crippen molar-refractivity contribution in [3.8, 4) is 0 Å². The smallest absolute Gasteiger partial charge is 0.241 e. The molecule has 1 aromatic heterocycles. The van der Waals surface area contributed by atoms with Gasteiger partial charge >= 0.3 is 0 Å². The van der Waals surface area contributed by atoms with Crippen molar-refractivity contribution in [3.63, 3.8) is 0 Å². The van der Waals surface area contributed by atoms with Crippen LogP contribution in [0.25, 0.3) is 17.0 Å². The van der Waals surface area contributed by atoms with Crippen molar-refractivity contribution in [1.29, 1.82) is 0 Å². The Hall–Kier alpha value is -2.10. The van der Waals surface area contributed by atoms with Crippen LogP contribution >= 0.6 is 0 Å². The Morgan fingerprint density at radius 2 is 2.27 bits per heavy atom. The van der Waals surface area contributed by atoms with Crippen molar-refractivity contribution >= 4 is 22.9 Å². The fraction of sp³-hybridized carbons (Fsp3) is 0. The minimum Gasteiger partial charge on any atom is -0.366 e. The van der Waals surface area contributed by atoms with Crippen LogP contribution in [0.4, 0.5) is 4.39 Å². The summed E-state index contributed by atoms with van der Waals surface area (Å²) in [6.45, 7) is 0. The molecular formula is C11H9FN2O. The van der Waals surface area contributed by atoms with E-state index in [1.54, 1.807) is 18.3 Å². The van der Waals surface area contributed by atoms with Gasteiger partial charge in [0.05, 0.1) is 0 Å². The summed E-state index contributed by atoms with van der Waals surface area (Å²) in [6.07, 6.45) is 4.50. The first kappa shape index (κ1) is 9.45. The van der Waals surface area contributed by atoms with Crippen molar-refractivity contribution in [2.24, 2.45) is 5.73 Å². The van der Waals surface area contributed by atoms with E-state index in [1.165, 1.54) is 18.2 Å². The molecule has 0 aliphatic carbocycles. The number of primary amides is 1. The fourth-order valence-electron chi connectivity index (χ4n) is 1.42. The van der Waals surface area contributed by atoms with Gasteiger partial charge in [-0.2, -0.15) is 0 Å². The molecule has 0 unspecified atom stereocenters. The van der Waals surface area contributed by atoms with E-state index in [1.807, 2.05) is 0 Å². The molecule has 3 N–H and O–H groups in total. The summed E-state index contributed by atoms with van der Waals surface area (Å²) in [5, 5.41) is 0.729. The van der Waals surface area contributed by atoms with Gasteiger partial charge in [0, 0.05) is 28.7 Å². The Labute approximate surface area is 85.4 Å². The number of halogens is 1. The van der Waals surface area contributed by atoms with E-state index in [0.717, 1.165) is 16.5 Å². The predicted molar refractivity (Wildman–Crippen MR) is 56.5 cm³/mol. The van der Waals surface area contributed by atoms with E-state index in [0.29, 0.717) is 0 Å². The summed E-state index contributed by atoms with van der Waals surface area (Å²) >= 11 is 0. The summed E-state index contributed by atoms with van der Waals surface area (Å²) < 4.78 is 13.0. The van der Waals surface area contributed by atoms with Crippen LogP contribution in [-0.2, 0) is 4.79 Å². The van der Waals surface area contributed by atoms with Crippen molar-refractivity contribution < 1.29 is 9.18 Å². The summed E-state index contributed by atoms with van der Waals surface area (Å²) in [6, 6.07) is 4.43. The maximum atomic E-state index is 13.0. The highest BCUT2D eigenvalue weighted by molar-refractivity contribution is 5.95. The van der Waals surface area contributed by atoms with Crippen LogP contribution in [0.2, 0.25) is 0 Å². The Balaban J connectivity index is 2.52. The zero-order chi connectivity index (χ0) is 10.8. The molecule has 0 saturated carbocycles. The Morgan fingerprint density at radius 1 is 1.47 bits per heavy atom. The molecule has 4 heteroatoms. The number of rotatable bonds is 2. The van der Waals surface area contributed by atoms with Gasteiger partial charge in [0.25, 0.3) is 0 Å². The van der Waals surface area contributed by atoms with Gasteiger partial charge in [-0.25, -0.2) is 4.39 Å². The van der Waals surface area contributed by atoms with Crippen LogP contribution in [0.1, 0.15) is 5.56 Å². The number of benzene rings is 1. The van der Waals surface area contributed by atoms with Crippen LogP contribution in [0.15, 0.2) is 30.5 Å². The van der Waals surface area contributed by atoms with Crippen LogP contribution in [0, 0.1) is 5.82 Å². The van der Waals surface area contributed by atoms with E-state index in [-0.39, 0.29) is 5.82 Å². The van der Waals surface area contributed by atoms with Crippen molar-refractivity contribution in [2.45, 2.75) is 0 Å². The molecule has 0 atom stereocenters. The molecule has 0 radical (unpaired) electrons. The zero-order valence-electron chi connectivity index (χ0n) is 7.83. The quantitative estimate of drug-likeness (QED) is 0.720. The lowest BCUT2D eigenvalue weighted by molar-refractivity contribution is -0.113. The average Bonchev–Trinajstić information content (AvgIpc) is 2.57. The number of aromatic nitrogens is 1. The molecule has 0 aliphatic rings. The number of H-pyrrole nitrogens is 1. The first-order chi connectivity index (χ1) is 7.16. The van der Waals surface area contributed by atoms with E-state index in [9.17, 15) is 9.18 Å². The molecule has 3 nitrogen and oxygen atoms in total.